The van der Waals surface area contributed by atoms with Crippen LogP contribution in [0.25, 0.3) is 5.82 Å². The maximum atomic E-state index is 12.0. The summed E-state index contributed by atoms with van der Waals surface area (Å²) in [5.74, 6) is 0.685. The van der Waals surface area contributed by atoms with Gasteiger partial charge in [0, 0.05) is 18.9 Å². The summed E-state index contributed by atoms with van der Waals surface area (Å²) in [6, 6.07) is 0. The molecule has 0 radical (unpaired) electrons. The molecule has 0 aliphatic heterocycles. The van der Waals surface area contributed by atoms with Crippen molar-refractivity contribution in [1.82, 2.24) is 24.3 Å². The van der Waals surface area contributed by atoms with E-state index in [0.717, 1.165) is 0 Å². The van der Waals surface area contributed by atoms with Crippen LogP contribution in [-0.2, 0) is 6.54 Å². The zero-order chi connectivity index (χ0) is 11.5. The van der Waals surface area contributed by atoms with E-state index >= 15 is 0 Å². The molecule has 0 fully saturated rings. The molecule has 0 amide bonds. The van der Waals surface area contributed by atoms with Crippen molar-refractivity contribution in [3.63, 3.8) is 0 Å². The lowest BCUT2D eigenvalue weighted by molar-refractivity contribution is 0.506. The normalized spacial score (nSPS) is 10.9. The molecule has 2 rings (SSSR count). The van der Waals surface area contributed by atoms with Crippen LogP contribution in [-0.4, -0.2) is 24.3 Å². The second-order valence-corrected chi connectivity index (χ2v) is 3.94. The summed E-state index contributed by atoms with van der Waals surface area (Å²) in [5.41, 5.74) is -0.151. The Morgan fingerprint density at radius 3 is 2.88 bits per heavy atom. The van der Waals surface area contributed by atoms with E-state index in [4.69, 9.17) is 0 Å². The number of rotatable bonds is 3. The highest BCUT2D eigenvalue weighted by Crippen LogP contribution is 1.98. The molecule has 0 aliphatic carbocycles. The minimum absolute atomic E-state index is 0.151. The first-order valence-electron chi connectivity index (χ1n) is 5.09. The largest absolute Gasteiger partial charge is 0.310 e. The van der Waals surface area contributed by atoms with E-state index in [0.29, 0.717) is 12.5 Å². The lowest BCUT2D eigenvalue weighted by atomic mass is 10.2. The van der Waals surface area contributed by atoms with E-state index in [2.05, 4.69) is 28.9 Å². The van der Waals surface area contributed by atoms with Crippen molar-refractivity contribution in [1.29, 1.82) is 0 Å². The van der Waals surface area contributed by atoms with Gasteiger partial charge in [0.2, 0.25) is 5.82 Å². The average Bonchev–Trinajstić information content (AvgIpc) is 2.73. The second-order valence-electron chi connectivity index (χ2n) is 3.94. The van der Waals surface area contributed by atoms with Crippen LogP contribution in [0.5, 0.6) is 0 Å². The first kappa shape index (κ1) is 10.5. The quantitative estimate of drug-likeness (QED) is 0.753. The van der Waals surface area contributed by atoms with Crippen LogP contribution >= 0.6 is 0 Å². The Hall–Kier alpha value is -1.98. The molecular formula is C10H13N5O. The predicted molar refractivity (Wildman–Crippen MR) is 58.3 cm³/mol. The van der Waals surface area contributed by atoms with Crippen molar-refractivity contribution >= 4 is 0 Å². The third-order valence-corrected chi connectivity index (χ3v) is 2.09. The van der Waals surface area contributed by atoms with Gasteiger partial charge in [-0.25, -0.2) is 9.97 Å². The Bertz CT molecular complexity index is 514. The topological polar surface area (TPSA) is 65.6 Å². The monoisotopic (exact) mass is 219 g/mol. The fraction of sp³-hybridized carbons (Fsp3) is 0.400. The van der Waals surface area contributed by atoms with E-state index in [1.807, 2.05) is 0 Å². The highest BCUT2D eigenvalue weighted by atomic mass is 16.1. The first-order valence-corrected chi connectivity index (χ1v) is 5.09. The van der Waals surface area contributed by atoms with Crippen LogP contribution in [0.4, 0.5) is 0 Å². The molecule has 84 valence electrons. The highest BCUT2D eigenvalue weighted by Gasteiger charge is 2.08. The first-order chi connectivity index (χ1) is 7.68. The standard InChI is InChI=1S/C10H13N5O/c1-8(2)5-14-4-3-12-9(10(14)16)15-7-11-6-13-15/h3-4,6-8H,5H2,1-2H3. The second kappa shape index (κ2) is 4.26. The summed E-state index contributed by atoms with van der Waals surface area (Å²) in [4.78, 5) is 19.8. The van der Waals surface area contributed by atoms with Crippen LogP contribution in [0.3, 0.4) is 0 Å². The molecule has 6 heteroatoms. The summed E-state index contributed by atoms with van der Waals surface area (Å²) in [7, 11) is 0. The van der Waals surface area contributed by atoms with Gasteiger partial charge in [0.05, 0.1) is 0 Å². The number of hydrogen-bond acceptors (Lipinski definition) is 4. The Labute approximate surface area is 92.6 Å². The van der Waals surface area contributed by atoms with Crippen molar-refractivity contribution in [3.8, 4) is 5.82 Å². The predicted octanol–water partition coefficient (Wildman–Crippen LogP) is 0.480. The molecule has 2 heterocycles. The van der Waals surface area contributed by atoms with E-state index in [9.17, 15) is 4.79 Å². The average molecular weight is 219 g/mol. The lowest BCUT2D eigenvalue weighted by Crippen LogP contribution is -2.27. The van der Waals surface area contributed by atoms with E-state index in [-0.39, 0.29) is 11.4 Å². The van der Waals surface area contributed by atoms with Gasteiger partial charge >= 0.3 is 0 Å². The van der Waals surface area contributed by atoms with E-state index < -0.39 is 0 Å². The van der Waals surface area contributed by atoms with Gasteiger partial charge in [0.1, 0.15) is 12.7 Å². The van der Waals surface area contributed by atoms with Crippen molar-refractivity contribution in [2.45, 2.75) is 20.4 Å². The molecule has 0 aromatic carbocycles. The molecular weight excluding hydrogens is 206 g/mol. The summed E-state index contributed by atoms with van der Waals surface area (Å²) in [6.45, 7) is 4.78. The van der Waals surface area contributed by atoms with Crippen LogP contribution in [0.1, 0.15) is 13.8 Å². The van der Waals surface area contributed by atoms with Crippen LogP contribution in [0, 0.1) is 5.92 Å². The molecule has 2 aromatic heterocycles. The van der Waals surface area contributed by atoms with Crippen molar-refractivity contribution in [2.24, 2.45) is 5.92 Å². The van der Waals surface area contributed by atoms with Gasteiger partial charge in [-0.3, -0.25) is 4.79 Å². The van der Waals surface area contributed by atoms with Crippen molar-refractivity contribution in [3.05, 3.63) is 35.4 Å². The minimum Gasteiger partial charge on any atom is -0.310 e. The fourth-order valence-electron chi connectivity index (χ4n) is 1.45. The van der Waals surface area contributed by atoms with Gasteiger partial charge in [-0.15, -0.1) is 0 Å². The van der Waals surface area contributed by atoms with Gasteiger partial charge in [-0.05, 0) is 5.92 Å². The van der Waals surface area contributed by atoms with E-state index in [1.165, 1.54) is 17.3 Å². The lowest BCUT2D eigenvalue weighted by Gasteiger charge is -2.09. The molecule has 0 unspecified atom stereocenters. The summed E-state index contributed by atoms with van der Waals surface area (Å²) >= 11 is 0. The number of hydrogen-bond donors (Lipinski definition) is 0. The van der Waals surface area contributed by atoms with Crippen LogP contribution < -0.4 is 5.56 Å². The zero-order valence-electron chi connectivity index (χ0n) is 9.24. The van der Waals surface area contributed by atoms with E-state index in [1.54, 1.807) is 17.0 Å². The molecule has 0 bridgehead atoms. The maximum absolute atomic E-state index is 12.0. The zero-order valence-corrected chi connectivity index (χ0v) is 9.24. The Balaban J connectivity index is 2.45. The van der Waals surface area contributed by atoms with Crippen molar-refractivity contribution < 1.29 is 0 Å². The van der Waals surface area contributed by atoms with Crippen LogP contribution in [0.15, 0.2) is 29.8 Å². The molecule has 0 N–H and O–H groups in total. The summed E-state index contributed by atoms with van der Waals surface area (Å²) in [6.07, 6.45) is 6.12. The Morgan fingerprint density at radius 1 is 1.44 bits per heavy atom. The van der Waals surface area contributed by atoms with Gasteiger partial charge in [0.15, 0.2) is 0 Å². The highest BCUT2D eigenvalue weighted by molar-refractivity contribution is 5.14. The molecule has 0 saturated heterocycles. The van der Waals surface area contributed by atoms with Crippen LogP contribution in [0.2, 0.25) is 0 Å². The maximum Gasteiger partial charge on any atom is 0.295 e. The molecule has 2 aromatic rings. The minimum atomic E-state index is -0.151. The summed E-state index contributed by atoms with van der Waals surface area (Å²) < 4.78 is 3.01. The molecule has 0 aliphatic rings. The third-order valence-electron chi connectivity index (χ3n) is 2.09. The van der Waals surface area contributed by atoms with Gasteiger partial charge < -0.3 is 4.57 Å². The third kappa shape index (κ3) is 2.00. The van der Waals surface area contributed by atoms with Crippen molar-refractivity contribution in [2.75, 3.05) is 0 Å². The fourth-order valence-corrected chi connectivity index (χ4v) is 1.45. The number of aromatic nitrogens is 5. The molecule has 6 nitrogen and oxygen atoms in total. The smallest absolute Gasteiger partial charge is 0.295 e. The van der Waals surface area contributed by atoms with Gasteiger partial charge in [0.25, 0.3) is 5.56 Å². The molecule has 16 heavy (non-hydrogen) atoms. The number of nitrogens with zero attached hydrogens (tertiary/aromatic N) is 5. The Kier molecular flexibility index (Phi) is 2.80. The Morgan fingerprint density at radius 2 is 2.25 bits per heavy atom. The summed E-state index contributed by atoms with van der Waals surface area (Å²) in [5, 5.41) is 3.90. The molecule has 0 spiro atoms. The van der Waals surface area contributed by atoms with Gasteiger partial charge in [-0.1, -0.05) is 13.8 Å². The molecule has 0 saturated carbocycles. The molecule has 0 atom stereocenters. The van der Waals surface area contributed by atoms with Gasteiger partial charge in [-0.2, -0.15) is 9.78 Å². The SMILES string of the molecule is CC(C)Cn1ccnc(-n2cncn2)c1=O.